The molecule has 1 N–H and O–H groups in total. The van der Waals surface area contributed by atoms with Gasteiger partial charge in [-0.05, 0) is 55.5 Å². The number of hydrogen-bond donors (Lipinski definition) is 1. The number of aromatic nitrogens is 4. The molecule has 2 atom stereocenters. The Balaban J connectivity index is 1.58. The molecule has 0 bridgehead atoms. The maximum Gasteiger partial charge on any atom is 0.140 e. The van der Waals surface area contributed by atoms with Gasteiger partial charge in [0.25, 0.3) is 0 Å². The maximum atomic E-state index is 15.5. The van der Waals surface area contributed by atoms with Crippen molar-refractivity contribution in [3.05, 3.63) is 65.6 Å². The van der Waals surface area contributed by atoms with Crippen molar-refractivity contribution in [2.75, 3.05) is 6.61 Å². The molecule has 4 aromatic rings. The summed E-state index contributed by atoms with van der Waals surface area (Å²) < 4.78 is 37.6. The Kier molecular flexibility index (Phi) is 5.98. The van der Waals surface area contributed by atoms with Crippen LogP contribution in [0.3, 0.4) is 0 Å². The van der Waals surface area contributed by atoms with Gasteiger partial charge in [0.1, 0.15) is 17.3 Å². The lowest BCUT2D eigenvalue weighted by atomic mass is 9.94. The van der Waals surface area contributed by atoms with E-state index in [0.29, 0.717) is 29.2 Å². The molecule has 0 radical (unpaired) electrons. The monoisotopic (exact) mass is 450 g/mol. The summed E-state index contributed by atoms with van der Waals surface area (Å²) in [6.07, 6.45) is 8.20. The molecule has 1 aliphatic heterocycles. The molecule has 5 nitrogen and oxygen atoms in total. The number of nitrogens with one attached hydrogen (secondary N) is 1. The number of ether oxygens (including phenoxy) is 1. The number of benzene rings is 1. The van der Waals surface area contributed by atoms with Crippen molar-refractivity contribution in [1.29, 1.82) is 0 Å². The van der Waals surface area contributed by atoms with E-state index >= 15 is 4.39 Å². The zero-order chi connectivity index (χ0) is 22.9. The van der Waals surface area contributed by atoms with Crippen molar-refractivity contribution in [3.8, 4) is 22.5 Å². The Morgan fingerprint density at radius 3 is 2.82 bits per heavy atom. The van der Waals surface area contributed by atoms with E-state index in [-0.39, 0.29) is 17.7 Å². The topological polar surface area (TPSA) is 55.2 Å². The fraction of sp³-hybridized carbons (Fsp3) is 0.385. The van der Waals surface area contributed by atoms with E-state index in [9.17, 15) is 4.39 Å². The van der Waals surface area contributed by atoms with Gasteiger partial charge in [-0.3, -0.25) is 5.10 Å². The second-order valence-corrected chi connectivity index (χ2v) is 9.12. The Bertz CT molecular complexity index is 1230. The van der Waals surface area contributed by atoms with Gasteiger partial charge >= 0.3 is 0 Å². The van der Waals surface area contributed by atoms with Crippen LogP contribution in [0, 0.1) is 24.5 Å². The summed E-state index contributed by atoms with van der Waals surface area (Å²) in [6.45, 7) is 4.86. The number of aromatic amines is 1. The third kappa shape index (κ3) is 4.42. The summed E-state index contributed by atoms with van der Waals surface area (Å²) in [5.74, 6) is -0.0591. The molecule has 1 aromatic carbocycles. The van der Waals surface area contributed by atoms with Gasteiger partial charge in [0, 0.05) is 42.6 Å². The number of halogens is 2. The van der Waals surface area contributed by atoms with Gasteiger partial charge in [0.15, 0.2) is 0 Å². The second-order valence-electron chi connectivity index (χ2n) is 9.12. The number of aryl methyl sites for hydroxylation is 1. The van der Waals surface area contributed by atoms with Crippen molar-refractivity contribution in [3.63, 3.8) is 0 Å². The van der Waals surface area contributed by atoms with Crippen LogP contribution >= 0.6 is 0 Å². The highest BCUT2D eigenvalue weighted by molar-refractivity contribution is 5.74. The summed E-state index contributed by atoms with van der Waals surface area (Å²) in [6, 6.07) is 8.03. The van der Waals surface area contributed by atoms with Crippen LogP contribution in [0.1, 0.15) is 43.9 Å². The van der Waals surface area contributed by atoms with E-state index in [1.165, 1.54) is 24.6 Å². The summed E-state index contributed by atoms with van der Waals surface area (Å²) >= 11 is 0. The number of H-pyrrole nitrogens is 1. The highest BCUT2D eigenvalue weighted by Crippen LogP contribution is 2.34. The molecule has 5 rings (SSSR count). The number of hydrogen-bond acceptors (Lipinski definition) is 3. The predicted octanol–water partition coefficient (Wildman–Crippen LogP) is 6.12. The van der Waals surface area contributed by atoms with Gasteiger partial charge in [-0.25, -0.2) is 13.8 Å². The summed E-state index contributed by atoms with van der Waals surface area (Å²) in [5, 5.41) is 6.84. The highest BCUT2D eigenvalue weighted by atomic mass is 19.1. The first-order chi connectivity index (χ1) is 16.0. The lowest BCUT2D eigenvalue weighted by Crippen LogP contribution is -2.22. The molecule has 172 valence electrons. The van der Waals surface area contributed by atoms with Crippen molar-refractivity contribution in [2.45, 2.75) is 52.1 Å². The molecule has 4 heterocycles. The summed E-state index contributed by atoms with van der Waals surface area (Å²) in [4.78, 5) is 4.68. The van der Waals surface area contributed by atoms with Crippen LogP contribution in [0.25, 0.3) is 28.2 Å². The first-order valence-corrected chi connectivity index (χ1v) is 11.6. The molecule has 3 aromatic heterocycles. The Morgan fingerprint density at radius 1 is 1.15 bits per heavy atom. The molecular weight excluding hydrogens is 422 g/mol. The molecule has 2 unspecified atom stereocenters. The fourth-order valence-corrected chi connectivity index (χ4v) is 4.82. The molecule has 0 amide bonds. The minimum absolute atomic E-state index is 0.0221. The zero-order valence-electron chi connectivity index (χ0n) is 18.9. The van der Waals surface area contributed by atoms with E-state index < -0.39 is 0 Å². The maximum absolute atomic E-state index is 15.5. The van der Waals surface area contributed by atoms with E-state index in [2.05, 4.69) is 22.1 Å². The average molecular weight is 451 g/mol. The van der Waals surface area contributed by atoms with Crippen LogP contribution in [-0.4, -0.2) is 32.3 Å². The van der Waals surface area contributed by atoms with Gasteiger partial charge in [0.05, 0.1) is 23.2 Å². The Labute approximate surface area is 191 Å². The van der Waals surface area contributed by atoms with Gasteiger partial charge in [-0.1, -0.05) is 19.8 Å². The fourth-order valence-electron chi connectivity index (χ4n) is 4.82. The largest absolute Gasteiger partial charge is 0.378 e. The third-order valence-corrected chi connectivity index (χ3v) is 6.63. The van der Waals surface area contributed by atoms with Crippen molar-refractivity contribution >= 4 is 5.65 Å². The van der Waals surface area contributed by atoms with Gasteiger partial charge in [-0.15, -0.1) is 0 Å². The van der Waals surface area contributed by atoms with Crippen molar-refractivity contribution in [2.24, 2.45) is 5.92 Å². The van der Waals surface area contributed by atoms with Crippen molar-refractivity contribution in [1.82, 2.24) is 19.6 Å². The quantitative estimate of drug-likeness (QED) is 0.408. The summed E-state index contributed by atoms with van der Waals surface area (Å²) in [5.41, 5.74) is 4.54. The van der Waals surface area contributed by atoms with Crippen LogP contribution in [0.4, 0.5) is 8.78 Å². The minimum atomic E-state index is -0.367. The molecule has 0 spiro atoms. The third-order valence-electron chi connectivity index (χ3n) is 6.63. The minimum Gasteiger partial charge on any atom is -0.378 e. The molecule has 1 saturated heterocycles. The Hall–Kier alpha value is -3.06. The van der Waals surface area contributed by atoms with Gasteiger partial charge in [0.2, 0.25) is 0 Å². The van der Waals surface area contributed by atoms with Crippen LogP contribution < -0.4 is 0 Å². The van der Waals surface area contributed by atoms with Gasteiger partial charge < -0.3 is 9.14 Å². The first kappa shape index (κ1) is 21.8. The number of rotatable bonds is 4. The number of fused-ring (bicyclic) bond motifs is 1. The molecule has 7 heteroatoms. The molecule has 1 aliphatic rings. The van der Waals surface area contributed by atoms with E-state index in [0.717, 1.165) is 48.4 Å². The second kappa shape index (κ2) is 9.06. The van der Waals surface area contributed by atoms with Crippen LogP contribution in [0.15, 0.2) is 42.7 Å². The van der Waals surface area contributed by atoms with E-state index in [1.807, 2.05) is 17.4 Å². The SMILES string of the molecule is Cc1cc(-c2ccn[nH]2)cc(F)c1-c1nc2cc(F)ccn2c1CC1CCCC(C)CCO1. The molecule has 0 saturated carbocycles. The first-order valence-electron chi connectivity index (χ1n) is 11.6. The van der Waals surface area contributed by atoms with Gasteiger partial charge in [-0.2, -0.15) is 5.10 Å². The van der Waals surface area contributed by atoms with E-state index in [4.69, 9.17) is 4.74 Å². The smallest absolute Gasteiger partial charge is 0.140 e. The standard InChI is InChI=1S/C26H28F2N4O/c1-16-4-3-5-20(33-11-8-16)15-23-26(30-24-14-19(27)7-10-32(23)24)25-17(2)12-18(13-21(25)28)22-6-9-29-31-22/h6-7,9-10,12-14,16,20H,3-5,8,11,15H2,1-2H3,(H,29,31). The number of pyridine rings is 1. The lowest BCUT2D eigenvalue weighted by Gasteiger charge is -2.24. The van der Waals surface area contributed by atoms with E-state index in [1.54, 1.807) is 18.5 Å². The highest BCUT2D eigenvalue weighted by Gasteiger charge is 2.24. The molecule has 0 aliphatic carbocycles. The number of nitrogens with zero attached hydrogens (tertiary/aromatic N) is 3. The molecule has 1 fully saturated rings. The normalized spacial score (nSPS) is 19.5. The summed E-state index contributed by atoms with van der Waals surface area (Å²) in [7, 11) is 0. The van der Waals surface area contributed by atoms with Crippen LogP contribution in [0.5, 0.6) is 0 Å². The molecular formula is C26H28F2N4O. The van der Waals surface area contributed by atoms with Crippen LogP contribution in [0.2, 0.25) is 0 Å². The zero-order valence-corrected chi connectivity index (χ0v) is 18.9. The molecule has 33 heavy (non-hydrogen) atoms. The van der Waals surface area contributed by atoms with Crippen LogP contribution in [-0.2, 0) is 11.2 Å². The van der Waals surface area contributed by atoms with Crippen molar-refractivity contribution < 1.29 is 13.5 Å². The lowest BCUT2D eigenvalue weighted by molar-refractivity contribution is 0.0267. The average Bonchev–Trinajstić information content (AvgIpc) is 3.40. The predicted molar refractivity (Wildman–Crippen MR) is 124 cm³/mol. The number of imidazole rings is 1. The Morgan fingerprint density at radius 2 is 2.03 bits per heavy atom.